The molecule has 0 unspecified atom stereocenters. The summed E-state index contributed by atoms with van der Waals surface area (Å²) in [4.78, 5) is 38.1. The van der Waals surface area contributed by atoms with Gasteiger partial charge in [0.2, 0.25) is 5.91 Å². The van der Waals surface area contributed by atoms with E-state index in [1.54, 1.807) is 6.92 Å². The summed E-state index contributed by atoms with van der Waals surface area (Å²) in [6.07, 6.45) is 2.99. The highest BCUT2D eigenvalue weighted by molar-refractivity contribution is 6.09. The second-order valence-electron chi connectivity index (χ2n) is 7.28. The Balaban J connectivity index is 2.05. The maximum atomic E-state index is 12.8. The third kappa shape index (κ3) is 4.23. The molecule has 1 aliphatic heterocycles. The van der Waals surface area contributed by atoms with Crippen molar-refractivity contribution in [2.24, 2.45) is 0 Å². The lowest BCUT2D eigenvalue weighted by Gasteiger charge is -2.22. The predicted octanol–water partition coefficient (Wildman–Crippen LogP) is 2.88. The van der Waals surface area contributed by atoms with Crippen molar-refractivity contribution in [1.29, 1.82) is 0 Å². The fourth-order valence-corrected chi connectivity index (χ4v) is 3.04. The molecular weight excluding hydrogens is 330 g/mol. The third-order valence-corrected chi connectivity index (χ3v) is 4.83. The molecule has 2 N–H and O–H groups in total. The van der Waals surface area contributed by atoms with Gasteiger partial charge in [0.05, 0.1) is 0 Å². The Labute approximate surface area is 155 Å². The number of benzene rings is 1. The fraction of sp³-hybridized carbons (Fsp3) is 0.550. The standard InChI is InChI=1S/C20H29N3O3/c1-5-6-7-12-21-17(24)13-23-18(25)20(4,22-19(23)26)16-10-8-15(9-11-16)14(2)3/h8-11,14H,5-7,12-13H2,1-4H3,(H,21,24)(H,22,26)/t20-/m0/s1. The van der Waals surface area contributed by atoms with E-state index < -0.39 is 17.5 Å². The summed E-state index contributed by atoms with van der Waals surface area (Å²) in [5.41, 5.74) is 0.735. The van der Waals surface area contributed by atoms with Crippen molar-refractivity contribution in [3.05, 3.63) is 35.4 Å². The molecule has 1 atom stereocenters. The maximum Gasteiger partial charge on any atom is 0.325 e. The highest BCUT2D eigenvalue weighted by Gasteiger charge is 2.49. The molecule has 6 heteroatoms. The van der Waals surface area contributed by atoms with E-state index in [1.165, 1.54) is 0 Å². The van der Waals surface area contributed by atoms with Crippen molar-refractivity contribution in [3.63, 3.8) is 0 Å². The van der Waals surface area contributed by atoms with Crippen LogP contribution in [0.4, 0.5) is 4.79 Å². The van der Waals surface area contributed by atoms with Crippen LogP contribution in [-0.4, -0.2) is 35.8 Å². The van der Waals surface area contributed by atoms with E-state index in [4.69, 9.17) is 0 Å². The SMILES string of the molecule is CCCCCNC(=O)CN1C(=O)N[C@@](C)(c2ccc(C(C)C)cc2)C1=O. The van der Waals surface area contributed by atoms with Crippen LogP contribution in [0.3, 0.4) is 0 Å². The average molecular weight is 359 g/mol. The van der Waals surface area contributed by atoms with Crippen LogP contribution >= 0.6 is 0 Å². The van der Waals surface area contributed by atoms with Gasteiger partial charge in [0.25, 0.3) is 5.91 Å². The molecule has 0 radical (unpaired) electrons. The first kappa shape index (κ1) is 19.9. The lowest BCUT2D eigenvalue weighted by molar-refractivity contribution is -0.134. The molecule has 26 heavy (non-hydrogen) atoms. The van der Waals surface area contributed by atoms with E-state index in [-0.39, 0.29) is 12.5 Å². The molecule has 0 spiro atoms. The second-order valence-corrected chi connectivity index (χ2v) is 7.28. The van der Waals surface area contributed by atoms with E-state index in [0.29, 0.717) is 18.0 Å². The summed E-state index contributed by atoms with van der Waals surface area (Å²) in [5, 5.41) is 5.49. The van der Waals surface area contributed by atoms with Crippen LogP contribution in [0, 0.1) is 0 Å². The summed E-state index contributed by atoms with van der Waals surface area (Å²) in [7, 11) is 0. The highest BCUT2D eigenvalue weighted by Crippen LogP contribution is 2.29. The van der Waals surface area contributed by atoms with Gasteiger partial charge in [-0.1, -0.05) is 57.9 Å². The number of amides is 4. The Hall–Kier alpha value is -2.37. The lowest BCUT2D eigenvalue weighted by Crippen LogP contribution is -2.43. The Kier molecular flexibility index (Phi) is 6.40. The quantitative estimate of drug-likeness (QED) is 0.553. The van der Waals surface area contributed by atoms with E-state index in [0.717, 1.165) is 29.7 Å². The zero-order valence-corrected chi connectivity index (χ0v) is 16.1. The lowest BCUT2D eigenvalue weighted by atomic mass is 9.90. The zero-order valence-electron chi connectivity index (χ0n) is 16.1. The van der Waals surface area contributed by atoms with E-state index >= 15 is 0 Å². The monoisotopic (exact) mass is 359 g/mol. The number of rotatable bonds is 8. The third-order valence-electron chi connectivity index (χ3n) is 4.83. The molecule has 4 amide bonds. The molecule has 1 saturated heterocycles. The van der Waals surface area contributed by atoms with Crippen LogP contribution in [0.1, 0.15) is 64.0 Å². The number of hydrogen-bond acceptors (Lipinski definition) is 3. The number of carbonyl (C=O) groups excluding carboxylic acids is 3. The molecule has 1 aromatic carbocycles. The minimum Gasteiger partial charge on any atom is -0.355 e. The zero-order chi connectivity index (χ0) is 19.3. The first-order valence-corrected chi connectivity index (χ1v) is 9.30. The maximum absolute atomic E-state index is 12.8. The molecule has 0 bridgehead atoms. The van der Waals surface area contributed by atoms with Gasteiger partial charge in [-0.25, -0.2) is 4.79 Å². The molecule has 0 aliphatic carbocycles. The number of imide groups is 1. The molecule has 142 valence electrons. The van der Waals surface area contributed by atoms with Crippen LogP contribution in [0.15, 0.2) is 24.3 Å². The molecule has 1 fully saturated rings. The predicted molar refractivity (Wildman–Crippen MR) is 101 cm³/mol. The summed E-state index contributed by atoms with van der Waals surface area (Å²) in [6.45, 7) is 8.27. The molecule has 1 heterocycles. The second kappa shape index (κ2) is 8.34. The van der Waals surface area contributed by atoms with Crippen molar-refractivity contribution in [2.75, 3.05) is 13.1 Å². The Morgan fingerprint density at radius 2 is 1.85 bits per heavy atom. The smallest absolute Gasteiger partial charge is 0.325 e. The Morgan fingerprint density at radius 3 is 2.42 bits per heavy atom. The molecular formula is C20H29N3O3. The van der Waals surface area contributed by atoms with Crippen molar-refractivity contribution >= 4 is 17.8 Å². The molecule has 1 aliphatic rings. The van der Waals surface area contributed by atoms with Gasteiger partial charge in [0.15, 0.2) is 0 Å². The molecule has 1 aromatic rings. The molecule has 0 saturated carbocycles. The van der Waals surface area contributed by atoms with Gasteiger partial charge >= 0.3 is 6.03 Å². The number of nitrogens with one attached hydrogen (secondary N) is 2. The summed E-state index contributed by atoms with van der Waals surface area (Å²) in [6, 6.07) is 7.12. The average Bonchev–Trinajstić information content (AvgIpc) is 2.83. The van der Waals surface area contributed by atoms with Crippen molar-refractivity contribution in [3.8, 4) is 0 Å². The van der Waals surface area contributed by atoms with Gasteiger partial charge in [-0.2, -0.15) is 0 Å². The number of carbonyl (C=O) groups is 3. The van der Waals surface area contributed by atoms with Crippen LogP contribution in [0.5, 0.6) is 0 Å². The number of nitrogens with zero attached hydrogens (tertiary/aromatic N) is 1. The molecule has 0 aromatic heterocycles. The van der Waals surface area contributed by atoms with Crippen molar-refractivity contribution < 1.29 is 14.4 Å². The largest absolute Gasteiger partial charge is 0.355 e. The van der Waals surface area contributed by atoms with E-state index in [1.807, 2.05) is 24.3 Å². The van der Waals surface area contributed by atoms with Crippen LogP contribution in [0.25, 0.3) is 0 Å². The van der Waals surface area contributed by atoms with Gasteiger partial charge in [0, 0.05) is 6.54 Å². The number of hydrogen-bond donors (Lipinski definition) is 2. The number of unbranched alkanes of at least 4 members (excludes halogenated alkanes) is 2. The first-order valence-electron chi connectivity index (χ1n) is 9.30. The van der Waals surface area contributed by atoms with Crippen LogP contribution in [0.2, 0.25) is 0 Å². The van der Waals surface area contributed by atoms with Crippen molar-refractivity contribution in [2.45, 2.75) is 58.4 Å². The van der Waals surface area contributed by atoms with Gasteiger partial charge in [-0.15, -0.1) is 0 Å². The molecule has 6 nitrogen and oxygen atoms in total. The topological polar surface area (TPSA) is 78.5 Å². The van der Waals surface area contributed by atoms with E-state index in [2.05, 4.69) is 31.4 Å². The number of urea groups is 1. The van der Waals surface area contributed by atoms with Gasteiger partial charge in [-0.05, 0) is 30.4 Å². The summed E-state index contributed by atoms with van der Waals surface area (Å²) >= 11 is 0. The van der Waals surface area contributed by atoms with Crippen LogP contribution in [-0.2, 0) is 15.1 Å². The van der Waals surface area contributed by atoms with Crippen LogP contribution < -0.4 is 10.6 Å². The Morgan fingerprint density at radius 1 is 1.19 bits per heavy atom. The van der Waals surface area contributed by atoms with Gasteiger partial charge in [-0.3, -0.25) is 14.5 Å². The van der Waals surface area contributed by atoms with E-state index in [9.17, 15) is 14.4 Å². The summed E-state index contributed by atoms with van der Waals surface area (Å²) in [5.74, 6) is -0.328. The highest BCUT2D eigenvalue weighted by atomic mass is 16.2. The minimum absolute atomic E-state index is 0.254. The minimum atomic E-state index is -1.14. The molecule has 2 rings (SSSR count). The normalized spacial score (nSPS) is 19.8. The Bertz CT molecular complexity index is 669. The van der Waals surface area contributed by atoms with Gasteiger partial charge < -0.3 is 10.6 Å². The van der Waals surface area contributed by atoms with Crippen molar-refractivity contribution in [1.82, 2.24) is 15.5 Å². The fourth-order valence-electron chi connectivity index (χ4n) is 3.04. The summed E-state index contributed by atoms with van der Waals surface area (Å²) < 4.78 is 0. The first-order chi connectivity index (χ1) is 12.3. The van der Waals surface area contributed by atoms with Gasteiger partial charge in [0.1, 0.15) is 12.1 Å².